The van der Waals surface area contributed by atoms with Gasteiger partial charge in [-0.05, 0) is 123 Å². The third-order valence-corrected chi connectivity index (χ3v) is 13.7. The maximum atomic E-state index is 10.4. The molecule has 316 valence electrons. The van der Waals surface area contributed by atoms with Gasteiger partial charge in [-0.3, -0.25) is 0 Å². The number of rotatable bonds is 7. The first-order valence-corrected chi connectivity index (χ1v) is 23.1. The zero-order valence-electron chi connectivity index (χ0n) is 36.9. The van der Waals surface area contributed by atoms with Gasteiger partial charge in [0.05, 0.1) is 11.6 Å². The first kappa shape index (κ1) is 39.2. The first-order chi connectivity index (χ1) is 33.6. The van der Waals surface area contributed by atoms with Crippen LogP contribution in [0.1, 0.15) is 28.4 Å². The Morgan fingerprint density at radius 2 is 0.985 bits per heavy atom. The second-order valence-electron chi connectivity index (χ2n) is 17.6. The van der Waals surface area contributed by atoms with Crippen LogP contribution in [-0.4, -0.2) is 11.7 Å². The zero-order chi connectivity index (χ0) is 45.1. The van der Waals surface area contributed by atoms with Gasteiger partial charge in [0.1, 0.15) is 12.0 Å². The molecule has 68 heavy (non-hydrogen) atoms. The number of nitriles is 1. The van der Waals surface area contributed by atoms with E-state index in [1.54, 1.807) is 0 Å². The van der Waals surface area contributed by atoms with Crippen LogP contribution in [0.5, 0.6) is 0 Å². The Hall–Kier alpha value is -9.17. The first-order valence-electron chi connectivity index (χ1n) is 23.1. The average Bonchev–Trinajstić information content (AvgIpc) is 3.74. The standard InChI is InChI=1S/C64H40N4/c65-39-49-31-30-46(51-20-6-7-21-52(51)54-23-11-22-53-50-19-5-4-12-41(50)32-34-55(53)54)37-59(49)42-28-26-40(27-29-42)45-17-8-18-47(36-45)63-66-62(44-13-2-1-3-14-44)67-64(68-63)48-33-35-56-57-24-9-15-43-16-10-25-58(61(43)57)60(56)38-48/h1-38,63H,(H,66,67,68). The average molecular weight is 865 g/mol. The molecule has 0 saturated carbocycles. The van der Waals surface area contributed by atoms with Crippen molar-refractivity contribution in [3.05, 3.63) is 253 Å². The van der Waals surface area contributed by atoms with Crippen molar-refractivity contribution >= 4 is 44.0 Å². The maximum Gasteiger partial charge on any atom is 0.159 e. The fraction of sp³-hybridized carbons (Fsp3) is 0.0156. The normalized spacial score (nSPS) is 13.7. The van der Waals surface area contributed by atoms with Gasteiger partial charge in [-0.15, -0.1) is 0 Å². The molecule has 1 N–H and O–H groups in total. The highest BCUT2D eigenvalue weighted by atomic mass is 15.2. The molecule has 0 radical (unpaired) electrons. The number of fused-ring (bicyclic) bond motifs is 6. The van der Waals surface area contributed by atoms with Crippen molar-refractivity contribution in [3.8, 4) is 72.8 Å². The summed E-state index contributed by atoms with van der Waals surface area (Å²) in [6.45, 7) is 0. The van der Waals surface area contributed by atoms with E-state index in [9.17, 15) is 5.26 Å². The van der Waals surface area contributed by atoms with E-state index in [2.05, 4.69) is 218 Å². The van der Waals surface area contributed by atoms with Gasteiger partial charge in [0.25, 0.3) is 0 Å². The smallest absolute Gasteiger partial charge is 0.159 e. The maximum absolute atomic E-state index is 10.4. The number of hydrogen-bond donors (Lipinski definition) is 1. The topological polar surface area (TPSA) is 60.5 Å². The largest absolute Gasteiger partial charge is 0.344 e. The van der Waals surface area contributed by atoms with Crippen LogP contribution in [0.4, 0.5) is 0 Å². The Balaban J connectivity index is 0.825. The molecule has 1 heterocycles. The molecule has 2 aliphatic rings. The highest BCUT2D eigenvalue weighted by molar-refractivity contribution is 6.18. The highest BCUT2D eigenvalue weighted by Crippen LogP contribution is 2.47. The van der Waals surface area contributed by atoms with Gasteiger partial charge in [-0.25, -0.2) is 9.98 Å². The molecule has 0 amide bonds. The van der Waals surface area contributed by atoms with Crippen molar-refractivity contribution in [1.29, 1.82) is 5.26 Å². The molecule has 0 saturated heterocycles. The van der Waals surface area contributed by atoms with E-state index in [1.807, 2.05) is 24.3 Å². The van der Waals surface area contributed by atoms with Gasteiger partial charge in [0.15, 0.2) is 5.84 Å². The molecule has 0 aromatic heterocycles. The van der Waals surface area contributed by atoms with Crippen LogP contribution in [0.15, 0.2) is 241 Å². The number of amidine groups is 2. The minimum atomic E-state index is -0.372. The molecule has 0 spiro atoms. The second kappa shape index (κ2) is 16.1. The zero-order valence-corrected chi connectivity index (χ0v) is 36.9. The summed E-state index contributed by atoms with van der Waals surface area (Å²) in [7, 11) is 0. The summed E-state index contributed by atoms with van der Waals surface area (Å²) >= 11 is 0. The third-order valence-electron chi connectivity index (χ3n) is 13.7. The molecule has 4 nitrogen and oxygen atoms in total. The van der Waals surface area contributed by atoms with Crippen molar-refractivity contribution in [2.24, 2.45) is 9.98 Å². The molecule has 1 unspecified atom stereocenters. The van der Waals surface area contributed by atoms with Gasteiger partial charge in [-0.2, -0.15) is 5.26 Å². The molecule has 1 aliphatic heterocycles. The van der Waals surface area contributed by atoms with Gasteiger partial charge in [0, 0.05) is 16.7 Å². The molecule has 4 heteroatoms. The van der Waals surface area contributed by atoms with Gasteiger partial charge < -0.3 is 5.32 Å². The lowest BCUT2D eigenvalue weighted by atomic mass is 9.88. The van der Waals surface area contributed by atoms with Gasteiger partial charge >= 0.3 is 0 Å². The van der Waals surface area contributed by atoms with E-state index in [1.165, 1.54) is 60.1 Å². The molecule has 13 rings (SSSR count). The fourth-order valence-corrected chi connectivity index (χ4v) is 10.4. The van der Waals surface area contributed by atoms with Gasteiger partial charge in [0.2, 0.25) is 0 Å². The van der Waals surface area contributed by atoms with Crippen LogP contribution in [0.25, 0.3) is 99.1 Å². The Labute approximate surface area is 394 Å². The summed E-state index contributed by atoms with van der Waals surface area (Å²) in [5.74, 6) is 1.47. The monoisotopic (exact) mass is 864 g/mol. The van der Waals surface area contributed by atoms with E-state index in [-0.39, 0.29) is 6.17 Å². The molecule has 11 aromatic carbocycles. The van der Waals surface area contributed by atoms with Crippen molar-refractivity contribution in [2.45, 2.75) is 6.17 Å². The Morgan fingerprint density at radius 1 is 0.368 bits per heavy atom. The summed E-state index contributed by atoms with van der Waals surface area (Å²) in [6, 6.07) is 84.1. The van der Waals surface area contributed by atoms with Crippen molar-refractivity contribution in [1.82, 2.24) is 5.32 Å². The number of aliphatic imine (C=N–C) groups is 2. The minimum Gasteiger partial charge on any atom is -0.344 e. The van der Waals surface area contributed by atoms with Crippen molar-refractivity contribution < 1.29 is 0 Å². The lowest BCUT2D eigenvalue weighted by Gasteiger charge is -2.24. The SMILES string of the molecule is N#Cc1ccc(-c2ccccc2-c2cccc3c2ccc2ccccc23)cc1-c1ccc(-c2cccc(C3N=C(c4ccccc4)N=C(c4ccc5c(c4)-c4cccc6cccc-5c46)N3)c2)cc1. The van der Waals surface area contributed by atoms with Crippen LogP contribution in [0, 0.1) is 11.3 Å². The molecule has 0 fully saturated rings. The summed E-state index contributed by atoms with van der Waals surface area (Å²) in [6.07, 6.45) is -0.372. The van der Waals surface area contributed by atoms with Crippen LogP contribution >= 0.6 is 0 Å². The summed E-state index contributed by atoms with van der Waals surface area (Å²) in [5, 5.41) is 21.6. The molecule has 1 aliphatic carbocycles. The lowest BCUT2D eigenvalue weighted by Crippen LogP contribution is -2.33. The number of hydrogen-bond acceptors (Lipinski definition) is 4. The second-order valence-corrected chi connectivity index (χ2v) is 17.6. The van der Waals surface area contributed by atoms with E-state index >= 15 is 0 Å². The Bertz CT molecular complexity index is 3940. The van der Waals surface area contributed by atoms with Gasteiger partial charge in [-0.1, -0.05) is 206 Å². The molecular formula is C64H40N4. The Kier molecular flexibility index (Phi) is 9.26. The molecule has 1 atom stereocenters. The van der Waals surface area contributed by atoms with Crippen molar-refractivity contribution in [3.63, 3.8) is 0 Å². The molecular weight excluding hydrogens is 825 g/mol. The molecule has 11 aromatic rings. The number of nitrogens with zero attached hydrogens (tertiary/aromatic N) is 3. The quantitative estimate of drug-likeness (QED) is 0.162. The van der Waals surface area contributed by atoms with E-state index < -0.39 is 0 Å². The minimum absolute atomic E-state index is 0.372. The number of benzene rings is 11. The third kappa shape index (κ3) is 6.60. The number of nitrogens with one attached hydrogen (secondary N) is 1. The lowest BCUT2D eigenvalue weighted by molar-refractivity contribution is 0.674. The summed E-state index contributed by atoms with van der Waals surface area (Å²) in [5.41, 5.74) is 17.2. The summed E-state index contributed by atoms with van der Waals surface area (Å²) < 4.78 is 0. The van der Waals surface area contributed by atoms with Crippen LogP contribution < -0.4 is 5.32 Å². The van der Waals surface area contributed by atoms with Crippen LogP contribution in [0.3, 0.4) is 0 Å². The highest BCUT2D eigenvalue weighted by Gasteiger charge is 2.26. The van der Waals surface area contributed by atoms with Crippen molar-refractivity contribution in [2.75, 3.05) is 0 Å². The van der Waals surface area contributed by atoms with E-state index in [0.29, 0.717) is 11.4 Å². The summed E-state index contributed by atoms with van der Waals surface area (Å²) in [4.78, 5) is 10.4. The van der Waals surface area contributed by atoms with E-state index in [0.717, 1.165) is 61.5 Å². The fourth-order valence-electron chi connectivity index (χ4n) is 10.4. The van der Waals surface area contributed by atoms with Crippen LogP contribution in [-0.2, 0) is 0 Å². The van der Waals surface area contributed by atoms with Crippen LogP contribution in [0.2, 0.25) is 0 Å². The predicted octanol–water partition coefficient (Wildman–Crippen LogP) is 15.8. The predicted molar refractivity (Wildman–Crippen MR) is 282 cm³/mol. The molecule has 0 bridgehead atoms. The Morgan fingerprint density at radius 3 is 1.84 bits per heavy atom. The van der Waals surface area contributed by atoms with E-state index in [4.69, 9.17) is 9.98 Å².